The summed E-state index contributed by atoms with van der Waals surface area (Å²) in [5.74, 6) is 0.106. The molecule has 1 spiro atoms. The van der Waals surface area contributed by atoms with Crippen molar-refractivity contribution in [2.24, 2.45) is 11.7 Å². The molecule has 2 unspecified atom stereocenters. The molecule has 0 aromatic rings. The Hall–Kier alpha value is -0.150. The van der Waals surface area contributed by atoms with Crippen molar-refractivity contribution < 1.29 is 9.13 Å². The van der Waals surface area contributed by atoms with Gasteiger partial charge in [0.25, 0.3) is 0 Å². The number of nitrogens with two attached hydrogens (primary N) is 1. The van der Waals surface area contributed by atoms with Gasteiger partial charge in [0.2, 0.25) is 0 Å². The van der Waals surface area contributed by atoms with Gasteiger partial charge < -0.3 is 10.5 Å². The molecule has 0 radical (unpaired) electrons. The van der Waals surface area contributed by atoms with Gasteiger partial charge in [-0.2, -0.15) is 0 Å². The maximum absolute atomic E-state index is 15.0. The normalized spacial score (nSPS) is 31.2. The standard InChI is InChI=1S/C15H28FNO/c1-2-7-15(16,12-17)13-6-10-18-14(11-13)8-4-3-5-9-14/h13H,2-12,17H2,1H3. The quantitative estimate of drug-likeness (QED) is 0.835. The van der Waals surface area contributed by atoms with Crippen LogP contribution in [0.5, 0.6) is 0 Å². The monoisotopic (exact) mass is 257 g/mol. The van der Waals surface area contributed by atoms with Crippen LogP contribution >= 0.6 is 0 Å². The van der Waals surface area contributed by atoms with Gasteiger partial charge >= 0.3 is 0 Å². The average molecular weight is 257 g/mol. The number of rotatable bonds is 4. The summed E-state index contributed by atoms with van der Waals surface area (Å²) < 4.78 is 21.0. The molecule has 1 aliphatic heterocycles. The molecule has 0 bridgehead atoms. The first-order valence-corrected chi connectivity index (χ1v) is 7.67. The summed E-state index contributed by atoms with van der Waals surface area (Å²) in [6, 6.07) is 0. The van der Waals surface area contributed by atoms with Crippen LogP contribution in [0.3, 0.4) is 0 Å². The lowest BCUT2D eigenvalue weighted by molar-refractivity contribution is -0.140. The summed E-state index contributed by atoms with van der Waals surface area (Å²) in [5.41, 5.74) is 4.55. The van der Waals surface area contributed by atoms with Gasteiger partial charge in [-0.05, 0) is 38.0 Å². The Morgan fingerprint density at radius 2 is 2.06 bits per heavy atom. The first kappa shape index (κ1) is 14.3. The van der Waals surface area contributed by atoms with E-state index < -0.39 is 5.67 Å². The highest BCUT2D eigenvalue weighted by Gasteiger charge is 2.46. The highest BCUT2D eigenvalue weighted by atomic mass is 19.1. The molecule has 106 valence electrons. The fourth-order valence-electron chi connectivity index (χ4n) is 3.90. The third-order valence-electron chi connectivity index (χ3n) is 4.99. The fourth-order valence-corrected chi connectivity index (χ4v) is 3.90. The van der Waals surface area contributed by atoms with Crippen molar-refractivity contribution in [2.75, 3.05) is 13.2 Å². The Balaban J connectivity index is 2.04. The number of halogens is 1. The highest BCUT2D eigenvalue weighted by Crippen LogP contribution is 2.45. The summed E-state index contributed by atoms with van der Waals surface area (Å²) in [6.45, 7) is 2.93. The van der Waals surface area contributed by atoms with Gasteiger partial charge in [0, 0.05) is 13.2 Å². The van der Waals surface area contributed by atoms with Crippen molar-refractivity contribution in [3.8, 4) is 0 Å². The average Bonchev–Trinajstić information content (AvgIpc) is 2.40. The first-order valence-electron chi connectivity index (χ1n) is 7.67. The Morgan fingerprint density at radius 1 is 1.33 bits per heavy atom. The van der Waals surface area contributed by atoms with E-state index in [1.54, 1.807) is 0 Å². The zero-order valence-electron chi connectivity index (χ0n) is 11.7. The summed E-state index contributed by atoms with van der Waals surface area (Å²) in [4.78, 5) is 0. The van der Waals surface area contributed by atoms with E-state index in [1.165, 1.54) is 19.3 Å². The Morgan fingerprint density at radius 3 is 2.67 bits per heavy atom. The maximum Gasteiger partial charge on any atom is 0.126 e. The molecule has 2 nitrogen and oxygen atoms in total. The van der Waals surface area contributed by atoms with Gasteiger partial charge in [0.05, 0.1) is 5.60 Å². The predicted octanol–water partition coefficient (Wildman–Crippen LogP) is 3.58. The van der Waals surface area contributed by atoms with Gasteiger partial charge in [-0.3, -0.25) is 0 Å². The summed E-state index contributed by atoms with van der Waals surface area (Å²) in [7, 11) is 0. The van der Waals surface area contributed by atoms with Crippen molar-refractivity contribution in [1.82, 2.24) is 0 Å². The van der Waals surface area contributed by atoms with Crippen LogP contribution in [0, 0.1) is 5.92 Å². The molecule has 1 saturated heterocycles. The molecule has 1 heterocycles. The molecule has 1 aliphatic carbocycles. The van der Waals surface area contributed by atoms with Crippen molar-refractivity contribution in [3.63, 3.8) is 0 Å². The highest BCUT2D eigenvalue weighted by molar-refractivity contribution is 4.97. The van der Waals surface area contributed by atoms with E-state index in [0.29, 0.717) is 6.42 Å². The van der Waals surface area contributed by atoms with Crippen LogP contribution in [0.4, 0.5) is 4.39 Å². The lowest BCUT2D eigenvalue weighted by Gasteiger charge is -2.47. The number of ether oxygens (including phenoxy) is 1. The topological polar surface area (TPSA) is 35.2 Å². The molecular formula is C15H28FNO. The summed E-state index contributed by atoms with van der Waals surface area (Å²) in [6.07, 6.45) is 9.23. The molecule has 0 aromatic heterocycles. The minimum absolute atomic E-state index is 0.0125. The second kappa shape index (κ2) is 5.87. The van der Waals surface area contributed by atoms with E-state index >= 15 is 0 Å². The summed E-state index contributed by atoms with van der Waals surface area (Å²) in [5, 5.41) is 0. The van der Waals surface area contributed by atoms with Gasteiger partial charge in [-0.1, -0.05) is 32.6 Å². The van der Waals surface area contributed by atoms with Crippen LogP contribution in [0.1, 0.15) is 64.7 Å². The van der Waals surface area contributed by atoms with Crippen LogP contribution < -0.4 is 5.73 Å². The van der Waals surface area contributed by atoms with Crippen molar-refractivity contribution in [2.45, 2.75) is 76.0 Å². The third-order valence-corrected chi connectivity index (χ3v) is 4.99. The molecule has 2 N–H and O–H groups in total. The number of hydrogen-bond donors (Lipinski definition) is 1. The molecule has 0 aromatic carbocycles. The number of alkyl halides is 1. The summed E-state index contributed by atoms with van der Waals surface area (Å²) >= 11 is 0. The molecule has 2 rings (SSSR count). The second-order valence-electron chi connectivity index (χ2n) is 6.27. The molecule has 2 fully saturated rings. The van der Waals surface area contributed by atoms with E-state index in [0.717, 1.165) is 38.7 Å². The van der Waals surface area contributed by atoms with Gasteiger partial charge in [0.1, 0.15) is 5.67 Å². The fraction of sp³-hybridized carbons (Fsp3) is 1.00. The Bertz CT molecular complexity index is 260. The Kier molecular flexibility index (Phi) is 4.65. The van der Waals surface area contributed by atoms with Crippen LogP contribution in [0.2, 0.25) is 0 Å². The minimum Gasteiger partial charge on any atom is -0.375 e. The Labute approximate surface area is 110 Å². The SMILES string of the molecule is CCCC(F)(CN)C1CCOC2(CCCCC2)C1. The molecule has 1 saturated carbocycles. The zero-order chi connectivity index (χ0) is 13.1. The molecule has 0 amide bonds. The molecular weight excluding hydrogens is 229 g/mol. The maximum atomic E-state index is 15.0. The number of hydrogen-bond acceptors (Lipinski definition) is 2. The molecule has 18 heavy (non-hydrogen) atoms. The first-order chi connectivity index (χ1) is 8.64. The van der Waals surface area contributed by atoms with Gasteiger partial charge in [-0.25, -0.2) is 4.39 Å². The van der Waals surface area contributed by atoms with E-state index in [4.69, 9.17) is 10.5 Å². The van der Waals surface area contributed by atoms with Crippen LogP contribution in [-0.4, -0.2) is 24.4 Å². The minimum atomic E-state index is -1.16. The van der Waals surface area contributed by atoms with Crippen molar-refractivity contribution in [3.05, 3.63) is 0 Å². The van der Waals surface area contributed by atoms with Gasteiger partial charge in [0.15, 0.2) is 0 Å². The molecule has 2 atom stereocenters. The van der Waals surface area contributed by atoms with Crippen molar-refractivity contribution in [1.29, 1.82) is 0 Å². The third kappa shape index (κ3) is 2.88. The molecule has 3 heteroatoms. The van der Waals surface area contributed by atoms with Gasteiger partial charge in [-0.15, -0.1) is 0 Å². The zero-order valence-corrected chi connectivity index (χ0v) is 11.7. The lowest BCUT2D eigenvalue weighted by atomic mass is 9.70. The lowest BCUT2D eigenvalue weighted by Crippen LogP contribution is -2.50. The van der Waals surface area contributed by atoms with E-state index in [-0.39, 0.29) is 18.1 Å². The van der Waals surface area contributed by atoms with Crippen LogP contribution in [0.25, 0.3) is 0 Å². The smallest absolute Gasteiger partial charge is 0.126 e. The predicted molar refractivity (Wildman–Crippen MR) is 72.3 cm³/mol. The van der Waals surface area contributed by atoms with E-state index in [9.17, 15) is 4.39 Å². The van der Waals surface area contributed by atoms with E-state index in [1.807, 2.05) is 6.92 Å². The largest absolute Gasteiger partial charge is 0.375 e. The van der Waals surface area contributed by atoms with E-state index in [2.05, 4.69) is 0 Å². The van der Waals surface area contributed by atoms with Crippen LogP contribution in [0.15, 0.2) is 0 Å². The second-order valence-corrected chi connectivity index (χ2v) is 6.27. The van der Waals surface area contributed by atoms with Crippen molar-refractivity contribution >= 4 is 0 Å². The van der Waals surface area contributed by atoms with Crippen LogP contribution in [-0.2, 0) is 4.74 Å². The molecule has 2 aliphatic rings.